The molecular formula is C136H195N7O3. The van der Waals surface area contributed by atoms with E-state index in [-0.39, 0.29) is 130 Å². The monoisotopic (exact) mass is 1970 g/mol. The third-order valence-corrected chi connectivity index (χ3v) is 23.7. The molecule has 0 N–H and O–H groups in total. The zero-order valence-electron chi connectivity index (χ0n) is 86.8. The van der Waals surface area contributed by atoms with E-state index in [1.54, 1.807) is 0 Å². The summed E-state index contributed by atoms with van der Waals surface area (Å²) in [6, 6.07) is 96.7. The second-order valence-electron chi connectivity index (χ2n) is 45.3. The number of hydrogen-bond donors (Lipinski definition) is 0. The smallest absolute Gasteiger partial charge is 0.165 e. The summed E-state index contributed by atoms with van der Waals surface area (Å²) in [5, 5.41) is 20.9. The van der Waals surface area contributed by atoms with Crippen molar-refractivity contribution >= 4 is 75.9 Å². The van der Waals surface area contributed by atoms with Gasteiger partial charge in [0, 0.05) is 86.9 Å². The first-order chi connectivity index (χ1) is 63.4. The number of rotatable bonds is 0. The van der Waals surface area contributed by atoms with Crippen LogP contribution in [-0.4, -0.2) is 54.9 Å². The van der Waals surface area contributed by atoms with Crippen LogP contribution in [0.4, 0.5) is 0 Å². The molecule has 6 aromatic heterocycles. The molecule has 146 heavy (non-hydrogen) atoms. The molecule has 8 heterocycles. The lowest BCUT2D eigenvalue weighted by Crippen LogP contribution is -2.20. The molecular weight excluding hydrogens is 1780 g/mol. The van der Waals surface area contributed by atoms with Crippen molar-refractivity contribution in [3.63, 3.8) is 0 Å². The third-order valence-electron chi connectivity index (χ3n) is 23.7. The summed E-state index contributed by atoms with van der Waals surface area (Å²) in [6.07, 6.45) is 14.2. The fourth-order valence-corrected chi connectivity index (χ4v) is 16.6. The zero-order chi connectivity index (χ0) is 98.5. The number of fused-ring (bicyclic) bond motifs is 9. The molecule has 11 aromatic carbocycles. The van der Waals surface area contributed by atoms with E-state index in [2.05, 4.69) is 473 Å². The molecule has 792 valence electrons. The van der Waals surface area contributed by atoms with Crippen molar-refractivity contribution in [3.05, 3.63) is 384 Å². The summed E-state index contributed by atoms with van der Waals surface area (Å²) in [4.78, 5) is 21.8. The van der Waals surface area contributed by atoms with Gasteiger partial charge in [-0.2, -0.15) is 10.2 Å². The summed E-state index contributed by atoms with van der Waals surface area (Å²) in [6.45, 7) is 68.7. The van der Waals surface area contributed by atoms with Gasteiger partial charge in [-0.05, 0) is 175 Å². The predicted octanol–water partition coefficient (Wildman–Crippen LogP) is 40.4. The molecule has 0 amide bonds. The molecule has 0 bridgehead atoms. The first-order valence-electron chi connectivity index (χ1n) is 48.0. The second-order valence-corrected chi connectivity index (χ2v) is 45.3. The van der Waals surface area contributed by atoms with Gasteiger partial charge in [-0.25, -0.2) is 0 Å². The van der Waals surface area contributed by atoms with Crippen LogP contribution in [0.2, 0.25) is 0 Å². The van der Waals surface area contributed by atoms with Crippen LogP contribution in [0.1, 0.15) is 351 Å². The van der Waals surface area contributed by atoms with Crippen LogP contribution in [0.25, 0.3) is 75.9 Å². The van der Waals surface area contributed by atoms with Crippen LogP contribution in [-0.2, 0) is 60.6 Å². The quantitative estimate of drug-likeness (QED) is 0.145. The Bertz CT molecular complexity index is 5790. The molecule has 19 rings (SSSR count). The van der Waals surface area contributed by atoms with Crippen molar-refractivity contribution in [2.75, 3.05) is 19.8 Å². The van der Waals surface area contributed by atoms with Gasteiger partial charge in [0.15, 0.2) is 11.5 Å². The van der Waals surface area contributed by atoms with E-state index in [9.17, 15) is 0 Å². The molecule has 0 fully saturated rings. The van der Waals surface area contributed by atoms with Gasteiger partial charge in [0.05, 0.1) is 40.6 Å². The highest BCUT2D eigenvalue weighted by Crippen LogP contribution is 2.42. The van der Waals surface area contributed by atoms with E-state index in [1.165, 1.54) is 115 Å². The van der Waals surface area contributed by atoms with Gasteiger partial charge in [0.1, 0.15) is 19.0 Å². The van der Waals surface area contributed by atoms with Crippen molar-refractivity contribution in [1.29, 1.82) is 0 Å². The third kappa shape index (κ3) is 37.8. The lowest BCUT2D eigenvalue weighted by atomic mass is 9.84. The topological polar surface area (TPSA) is 118 Å². The average molecular weight is 1980 g/mol. The maximum atomic E-state index is 5.66. The van der Waals surface area contributed by atoms with Crippen molar-refractivity contribution in [2.24, 2.45) is 0 Å². The van der Waals surface area contributed by atoms with E-state index in [1.807, 2.05) is 91.9 Å². The van der Waals surface area contributed by atoms with E-state index >= 15 is 0 Å². The Morgan fingerprint density at radius 3 is 1.10 bits per heavy atom. The number of nitrogens with zero attached hydrogens (tertiary/aromatic N) is 7. The summed E-state index contributed by atoms with van der Waals surface area (Å²) in [5.74, 6) is 2.94. The fourth-order valence-electron chi connectivity index (χ4n) is 16.6. The Balaban J connectivity index is 0. The van der Waals surface area contributed by atoms with Crippen LogP contribution in [0.5, 0.6) is 17.2 Å². The van der Waals surface area contributed by atoms with Crippen LogP contribution < -0.4 is 14.2 Å². The Kier molecular flexibility index (Phi) is 54.0. The van der Waals surface area contributed by atoms with Crippen molar-refractivity contribution in [1.82, 2.24) is 35.1 Å². The Labute approximate surface area is 890 Å². The van der Waals surface area contributed by atoms with Crippen molar-refractivity contribution in [3.8, 4) is 17.2 Å². The number of para-hydroxylation sites is 4. The van der Waals surface area contributed by atoms with Gasteiger partial charge in [0.2, 0.25) is 0 Å². The molecule has 2 aliphatic heterocycles. The van der Waals surface area contributed by atoms with E-state index in [0.29, 0.717) is 18.6 Å². The number of benzene rings is 11. The number of ether oxygens (including phenoxy) is 3. The standard InChI is InChI=1S/C14H16.5C13H15N.C12H14N2.C12H16O2.C12H16O.C10H14.11CH4/c1-14(2,3)13-10-6-8-11-7-4-5-9-12(11)13;1-13(2,3)11-7-4-8-12-10(11)6-5-9-14-12;1-13(2,3)11-8-4-6-10-7-5-9-14-12(10)11;1-13(2,3)12-6-4-5-10-9-14-8-7-11(10)12;1-13(2,3)11-8-9-14-12-7-5-4-6-10(11)12;1-13(2,3)12-11-7-5-4-6-10(11)8-9-14-12;1-12(2,3)10-8-13-14-11-7-5-4-6-9(10)11;1-12(2,3)9-5-4-6-10-11(9)14-8-7-13-10;1-12(2,3)10-6-4-5-9-7-8-13-11(9)10;1-10(2,3)9-7-5-4-6-8-9;;;;;;;;;;;/h4-10H,1-3H3;5*4-9H,1-3H3;4-8H,1-3H3;4-6H,7-8H2,1-3H3;4-6H,7-8H2,1-3H3;4-8H,1-3H3;11*1H4. The van der Waals surface area contributed by atoms with Gasteiger partial charge in [-0.1, -0.05) is 514 Å². The zero-order valence-corrected chi connectivity index (χ0v) is 86.8. The lowest BCUT2D eigenvalue weighted by molar-refractivity contribution is 0.168. The minimum Gasteiger partial charge on any atom is -0.493 e. The number of aromatic nitrogens is 7. The first kappa shape index (κ1) is 136. The van der Waals surface area contributed by atoms with Gasteiger partial charge in [-0.3, -0.25) is 24.9 Å². The maximum Gasteiger partial charge on any atom is 0.165 e. The molecule has 0 saturated heterocycles. The fraction of sp³-hybridized carbons (Fsp3) is 0.404. The number of pyridine rings is 5. The van der Waals surface area contributed by atoms with Crippen molar-refractivity contribution < 1.29 is 14.2 Å². The Hall–Kier alpha value is -12.5. The molecule has 0 aliphatic carbocycles. The highest BCUT2D eigenvalue weighted by Gasteiger charge is 2.28. The highest BCUT2D eigenvalue weighted by molar-refractivity contribution is 5.89. The average Bonchev–Trinajstić information content (AvgIpc) is 1.25. The minimum atomic E-state index is 0. The summed E-state index contributed by atoms with van der Waals surface area (Å²) < 4.78 is 16.8. The Morgan fingerprint density at radius 2 is 0.568 bits per heavy atom. The first-order valence-corrected chi connectivity index (χ1v) is 48.0. The van der Waals surface area contributed by atoms with Crippen molar-refractivity contribution in [2.45, 2.75) is 350 Å². The minimum absolute atomic E-state index is 0. The molecule has 0 unspecified atom stereocenters. The summed E-state index contributed by atoms with van der Waals surface area (Å²) in [5.41, 5.74) is 20.6. The SMILES string of the molecule is C.C.C.C.C.C.C.C.C.C.C.CC(C)(C)c1cccc2c1OCC2.CC(C)(C)c1cccc2c1OCCO2.CC(C)(C)c1cccc2ccccc12.CC(C)(C)c1cccc2cccnc12.CC(C)(C)c1cccc2cnccc12.CC(C)(C)c1cccc2ncccc12.CC(C)(C)c1ccccc1.CC(C)(C)c1ccnc2ccccc12.CC(C)(C)c1cnnc2ccccc12.CC(C)(C)c1nccc2ccccc12. The van der Waals surface area contributed by atoms with Gasteiger partial charge < -0.3 is 14.2 Å². The largest absolute Gasteiger partial charge is 0.493 e. The number of hydrogen-bond acceptors (Lipinski definition) is 10. The van der Waals surface area contributed by atoms with Crippen LogP contribution in [0, 0.1) is 0 Å². The summed E-state index contributed by atoms with van der Waals surface area (Å²) >= 11 is 0. The molecule has 0 radical (unpaired) electrons. The molecule has 17 aromatic rings. The maximum absolute atomic E-state index is 5.66. The van der Waals surface area contributed by atoms with Gasteiger partial charge in [-0.15, -0.1) is 0 Å². The van der Waals surface area contributed by atoms with E-state index < -0.39 is 0 Å². The molecule has 0 saturated carbocycles. The normalized spacial score (nSPS) is 11.6. The lowest BCUT2D eigenvalue weighted by Gasteiger charge is -2.27. The van der Waals surface area contributed by atoms with Gasteiger partial charge >= 0.3 is 0 Å². The second kappa shape index (κ2) is 58.1. The molecule has 2 aliphatic rings. The van der Waals surface area contributed by atoms with E-state index in [4.69, 9.17) is 14.2 Å². The van der Waals surface area contributed by atoms with E-state index in [0.717, 1.165) is 52.3 Å². The summed E-state index contributed by atoms with van der Waals surface area (Å²) in [7, 11) is 0. The molecule has 0 atom stereocenters. The molecule has 10 heteroatoms. The Morgan fingerprint density at radius 1 is 0.212 bits per heavy atom. The van der Waals surface area contributed by atoms with Crippen LogP contribution >= 0.6 is 0 Å². The molecule has 0 spiro atoms. The van der Waals surface area contributed by atoms with Crippen LogP contribution in [0.15, 0.2) is 322 Å². The molecule has 10 nitrogen and oxygen atoms in total. The highest BCUT2D eigenvalue weighted by atomic mass is 16.6. The predicted molar refractivity (Wildman–Crippen MR) is 653 cm³/mol. The van der Waals surface area contributed by atoms with Gasteiger partial charge in [0.25, 0.3) is 0 Å². The van der Waals surface area contributed by atoms with Crippen LogP contribution in [0.3, 0.4) is 0 Å².